The van der Waals surface area contributed by atoms with Gasteiger partial charge in [0, 0.05) is 38.4 Å². The lowest BCUT2D eigenvalue weighted by atomic mass is 10.1. The Morgan fingerprint density at radius 3 is 2.90 bits per heavy atom. The van der Waals surface area contributed by atoms with Crippen LogP contribution in [0.2, 0.25) is 0 Å². The van der Waals surface area contributed by atoms with Gasteiger partial charge in [-0.25, -0.2) is 0 Å². The van der Waals surface area contributed by atoms with Crippen LogP contribution in [-0.2, 0) is 6.54 Å². The summed E-state index contributed by atoms with van der Waals surface area (Å²) in [5.74, 6) is 0.684. The van der Waals surface area contributed by atoms with E-state index in [1.165, 1.54) is 17.7 Å². The molecule has 0 aliphatic carbocycles. The fraction of sp³-hybridized carbons (Fsp3) is 0.706. The minimum atomic E-state index is 0.649. The largest absolute Gasteiger partial charge is 0.367 e. The number of aromatic nitrogens is 1. The SMILES string of the molecule is CCC1CN(c2cnccc2CNCC(C)C)CCN1C. The van der Waals surface area contributed by atoms with Crippen molar-refractivity contribution < 1.29 is 0 Å². The summed E-state index contributed by atoms with van der Waals surface area (Å²) in [5.41, 5.74) is 2.67. The van der Waals surface area contributed by atoms with Gasteiger partial charge in [0.05, 0.1) is 11.9 Å². The van der Waals surface area contributed by atoms with Gasteiger partial charge in [-0.2, -0.15) is 0 Å². The molecule has 118 valence electrons. The molecule has 1 aromatic heterocycles. The maximum absolute atomic E-state index is 4.35. The van der Waals surface area contributed by atoms with E-state index in [0.717, 1.165) is 32.7 Å². The summed E-state index contributed by atoms with van der Waals surface area (Å²) in [5, 5.41) is 3.55. The minimum absolute atomic E-state index is 0.649. The average Bonchev–Trinajstić information content (AvgIpc) is 2.48. The van der Waals surface area contributed by atoms with Crippen LogP contribution in [0, 0.1) is 5.92 Å². The Hall–Kier alpha value is -1.13. The van der Waals surface area contributed by atoms with Gasteiger partial charge < -0.3 is 10.2 Å². The second kappa shape index (κ2) is 7.76. The molecule has 1 fully saturated rings. The predicted molar refractivity (Wildman–Crippen MR) is 89.7 cm³/mol. The van der Waals surface area contributed by atoms with E-state index in [0.29, 0.717) is 12.0 Å². The zero-order chi connectivity index (χ0) is 15.2. The molecule has 1 saturated heterocycles. The van der Waals surface area contributed by atoms with Crippen LogP contribution >= 0.6 is 0 Å². The zero-order valence-electron chi connectivity index (χ0n) is 14.0. The van der Waals surface area contributed by atoms with Crippen LogP contribution in [0.1, 0.15) is 32.8 Å². The summed E-state index contributed by atoms with van der Waals surface area (Å²) in [6, 6.07) is 2.80. The zero-order valence-corrected chi connectivity index (χ0v) is 14.0. The number of hydrogen-bond acceptors (Lipinski definition) is 4. The highest BCUT2D eigenvalue weighted by molar-refractivity contribution is 5.52. The van der Waals surface area contributed by atoms with Crippen LogP contribution in [0.5, 0.6) is 0 Å². The van der Waals surface area contributed by atoms with E-state index in [-0.39, 0.29) is 0 Å². The molecule has 0 amide bonds. The minimum Gasteiger partial charge on any atom is -0.367 e. The molecule has 1 aromatic rings. The Bertz CT molecular complexity index is 433. The van der Waals surface area contributed by atoms with Gasteiger partial charge in [0.2, 0.25) is 0 Å². The molecule has 1 unspecified atom stereocenters. The van der Waals surface area contributed by atoms with Crippen molar-refractivity contribution in [1.29, 1.82) is 0 Å². The molecule has 0 spiro atoms. The molecule has 1 aliphatic heterocycles. The van der Waals surface area contributed by atoms with Gasteiger partial charge in [0.1, 0.15) is 0 Å². The predicted octanol–water partition coefficient (Wildman–Crippen LogP) is 2.36. The van der Waals surface area contributed by atoms with Crippen LogP contribution in [0.25, 0.3) is 0 Å². The van der Waals surface area contributed by atoms with Gasteiger partial charge in [-0.3, -0.25) is 9.88 Å². The summed E-state index contributed by atoms with van der Waals surface area (Å²) in [6.07, 6.45) is 5.14. The first-order chi connectivity index (χ1) is 10.1. The van der Waals surface area contributed by atoms with E-state index in [9.17, 15) is 0 Å². The van der Waals surface area contributed by atoms with Crippen molar-refractivity contribution in [2.75, 3.05) is 38.1 Å². The van der Waals surface area contributed by atoms with E-state index in [4.69, 9.17) is 0 Å². The van der Waals surface area contributed by atoms with Gasteiger partial charge in [-0.1, -0.05) is 20.8 Å². The molecule has 4 heteroatoms. The molecule has 1 N–H and O–H groups in total. The number of rotatable bonds is 6. The van der Waals surface area contributed by atoms with Crippen LogP contribution in [0.15, 0.2) is 18.5 Å². The van der Waals surface area contributed by atoms with Gasteiger partial charge in [-0.15, -0.1) is 0 Å². The lowest BCUT2D eigenvalue weighted by Gasteiger charge is -2.40. The van der Waals surface area contributed by atoms with Crippen molar-refractivity contribution in [1.82, 2.24) is 15.2 Å². The van der Waals surface area contributed by atoms with E-state index in [1.807, 2.05) is 12.4 Å². The molecule has 1 atom stereocenters. The van der Waals surface area contributed by atoms with E-state index in [2.05, 4.69) is 54.0 Å². The molecule has 0 bridgehead atoms. The van der Waals surface area contributed by atoms with E-state index in [1.54, 1.807) is 0 Å². The topological polar surface area (TPSA) is 31.4 Å². The Morgan fingerprint density at radius 1 is 1.38 bits per heavy atom. The quantitative estimate of drug-likeness (QED) is 0.871. The third kappa shape index (κ3) is 4.42. The van der Waals surface area contributed by atoms with Gasteiger partial charge in [0.25, 0.3) is 0 Å². The molecule has 0 saturated carbocycles. The molecule has 4 nitrogen and oxygen atoms in total. The number of piperazine rings is 1. The van der Waals surface area contributed by atoms with Crippen LogP contribution in [-0.4, -0.2) is 49.2 Å². The van der Waals surface area contributed by atoms with Crippen molar-refractivity contribution >= 4 is 5.69 Å². The number of hydrogen-bond donors (Lipinski definition) is 1. The molecule has 2 rings (SSSR count). The summed E-state index contributed by atoms with van der Waals surface area (Å²) < 4.78 is 0. The van der Waals surface area contributed by atoms with Crippen molar-refractivity contribution in [3.63, 3.8) is 0 Å². The fourth-order valence-corrected chi connectivity index (χ4v) is 2.95. The summed E-state index contributed by atoms with van der Waals surface area (Å²) in [6.45, 7) is 12.1. The first-order valence-electron chi connectivity index (χ1n) is 8.20. The molecule has 0 aromatic carbocycles. The number of nitrogens with one attached hydrogen (secondary N) is 1. The standard InChI is InChI=1S/C17H30N4/c1-5-16-13-21(9-8-20(16)4)17-12-18-7-6-15(17)11-19-10-14(2)3/h6-7,12,14,16,19H,5,8-11,13H2,1-4H3. The average molecular weight is 290 g/mol. The highest BCUT2D eigenvalue weighted by Gasteiger charge is 2.24. The van der Waals surface area contributed by atoms with Crippen LogP contribution in [0.3, 0.4) is 0 Å². The molecular weight excluding hydrogens is 260 g/mol. The monoisotopic (exact) mass is 290 g/mol. The van der Waals surface area contributed by atoms with Crippen molar-refractivity contribution in [2.45, 2.75) is 39.8 Å². The molecule has 21 heavy (non-hydrogen) atoms. The van der Waals surface area contributed by atoms with E-state index >= 15 is 0 Å². The number of pyridine rings is 1. The Labute approximate surface area is 129 Å². The summed E-state index contributed by atoms with van der Waals surface area (Å²) in [4.78, 5) is 9.33. The fourth-order valence-electron chi connectivity index (χ4n) is 2.95. The normalized spacial score (nSPS) is 20.2. The smallest absolute Gasteiger partial charge is 0.0599 e. The maximum atomic E-state index is 4.35. The van der Waals surface area contributed by atoms with Crippen molar-refractivity contribution in [3.05, 3.63) is 24.0 Å². The lowest BCUT2D eigenvalue weighted by Crippen LogP contribution is -2.51. The van der Waals surface area contributed by atoms with Crippen molar-refractivity contribution in [3.8, 4) is 0 Å². The van der Waals surface area contributed by atoms with Gasteiger partial charge in [-0.05, 0) is 37.6 Å². The lowest BCUT2D eigenvalue weighted by molar-refractivity contribution is 0.213. The number of likely N-dealkylation sites (N-methyl/N-ethyl adjacent to an activating group) is 1. The molecular formula is C17H30N4. The molecule has 2 heterocycles. The Morgan fingerprint density at radius 2 is 2.19 bits per heavy atom. The second-order valence-electron chi connectivity index (χ2n) is 6.52. The summed E-state index contributed by atoms with van der Waals surface area (Å²) in [7, 11) is 2.24. The highest BCUT2D eigenvalue weighted by Crippen LogP contribution is 2.23. The first kappa shape index (κ1) is 16.2. The van der Waals surface area contributed by atoms with Crippen LogP contribution < -0.4 is 10.2 Å². The Kier molecular flexibility index (Phi) is 6.00. The van der Waals surface area contributed by atoms with E-state index < -0.39 is 0 Å². The summed E-state index contributed by atoms with van der Waals surface area (Å²) >= 11 is 0. The third-order valence-corrected chi connectivity index (χ3v) is 4.34. The molecule has 1 aliphatic rings. The highest BCUT2D eigenvalue weighted by atomic mass is 15.3. The van der Waals surface area contributed by atoms with Gasteiger partial charge >= 0.3 is 0 Å². The molecule has 0 radical (unpaired) electrons. The van der Waals surface area contributed by atoms with Crippen molar-refractivity contribution in [2.24, 2.45) is 5.92 Å². The second-order valence-corrected chi connectivity index (χ2v) is 6.52. The first-order valence-corrected chi connectivity index (χ1v) is 8.20. The Balaban J connectivity index is 2.05. The number of nitrogens with zero attached hydrogens (tertiary/aromatic N) is 3. The van der Waals surface area contributed by atoms with Gasteiger partial charge in [0.15, 0.2) is 0 Å². The maximum Gasteiger partial charge on any atom is 0.0599 e. The van der Waals surface area contributed by atoms with Crippen LogP contribution in [0.4, 0.5) is 5.69 Å². The third-order valence-electron chi connectivity index (χ3n) is 4.34. The number of anilines is 1.